The first-order chi connectivity index (χ1) is 9.81. The van der Waals surface area contributed by atoms with Gasteiger partial charge < -0.3 is 18.6 Å². The van der Waals surface area contributed by atoms with Crippen LogP contribution in [0.1, 0.15) is 68.7 Å². The molecule has 124 valence electrons. The second kappa shape index (κ2) is 5.37. The summed E-state index contributed by atoms with van der Waals surface area (Å²) in [4.78, 5) is 0. The van der Waals surface area contributed by atoms with Gasteiger partial charge in [0.1, 0.15) is 0 Å². The third-order valence-electron chi connectivity index (χ3n) is 5.59. The van der Waals surface area contributed by atoms with Gasteiger partial charge in [0.15, 0.2) is 0 Å². The van der Waals surface area contributed by atoms with Gasteiger partial charge in [0.2, 0.25) is 0 Å². The van der Waals surface area contributed by atoms with Crippen molar-refractivity contribution < 1.29 is 18.6 Å². The van der Waals surface area contributed by atoms with Crippen LogP contribution in [-0.2, 0) is 18.6 Å². The van der Waals surface area contributed by atoms with Crippen molar-refractivity contribution >= 4 is 14.2 Å². The molecule has 0 aromatic heterocycles. The second-order valence-electron chi connectivity index (χ2n) is 8.31. The van der Waals surface area contributed by atoms with Crippen molar-refractivity contribution in [2.75, 3.05) is 0 Å². The van der Waals surface area contributed by atoms with Crippen LogP contribution in [0.5, 0.6) is 0 Å². The van der Waals surface area contributed by atoms with E-state index in [0.717, 1.165) is 11.9 Å². The molecule has 2 aliphatic rings. The molecule has 0 amide bonds. The summed E-state index contributed by atoms with van der Waals surface area (Å²) in [5.41, 5.74) is -0.257. The van der Waals surface area contributed by atoms with Crippen molar-refractivity contribution in [1.82, 2.24) is 0 Å². The van der Waals surface area contributed by atoms with Crippen LogP contribution in [-0.4, -0.2) is 36.6 Å². The van der Waals surface area contributed by atoms with Crippen LogP contribution in [0, 0.1) is 0 Å². The molecule has 0 unspecified atom stereocenters. The summed E-state index contributed by atoms with van der Waals surface area (Å²) in [6, 6.07) is 0. The topological polar surface area (TPSA) is 36.9 Å². The number of hydrogen-bond acceptors (Lipinski definition) is 4. The van der Waals surface area contributed by atoms with Gasteiger partial charge in [-0.3, -0.25) is 0 Å². The van der Waals surface area contributed by atoms with Crippen molar-refractivity contribution in [3.05, 3.63) is 11.4 Å². The van der Waals surface area contributed by atoms with E-state index in [-0.39, 0.29) is 36.6 Å². The van der Waals surface area contributed by atoms with Gasteiger partial charge in [0.25, 0.3) is 0 Å². The van der Waals surface area contributed by atoms with Gasteiger partial charge >= 0.3 is 14.2 Å². The zero-order valence-electron chi connectivity index (χ0n) is 15.6. The summed E-state index contributed by atoms with van der Waals surface area (Å²) in [5.74, 6) is 2.01. The van der Waals surface area contributed by atoms with Gasteiger partial charge in [-0.05, 0) is 67.3 Å². The Kier molecular flexibility index (Phi) is 4.41. The van der Waals surface area contributed by atoms with E-state index in [1.807, 2.05) is 5.98 Å². The molecule has 4 nitrogen and oxygen atoms in total. The zero-order chi connectivity index (χ0) is 17.0. The summed E-state index contributed by atoms with van der Waals surface area (Å²) >= 11 is 0. The average Bonchev–Trinajstić information content (AvgIpc) is 2.65. The molecule has 2 rings (SSSR count). The van der Waals surface area contributed by atoms with E-state index in [2.05, 4.69) is 62.3 Å². The quantitative estimate of drug-likeness (QED) is 0.747. The standard InChI is InChI=1S/C16H30B2O4/c1-10-12(18-21-15(6,7)16(8,9)22-18)11-17-19-13(2,3)14(4,5)20-17/h11H,10H2,1-9H3/b12-11-. The Balaban J connectivity index is 2.17. The highest BCUT2D eigenvalue weighted by molar-refractivity contribution is 6.60. The molecule has 0 atom stereocenters. The fourth-order valence-corrected chi connectivity index (χ4v) is 2.49. The molecule has 2 aliphatic heterocycles. The van der Waals surface area contributed by atoms with E-state index < -0.39 is 0 Å². The van der Waals surface area contributed by atoms with E-state index in [1.165, 1.54) is 0 Å². The first kappa shape index (κ1) is 18.1. The number of allylic oxidation sites excluding steroid dienone is 1. The highest BCUT2D eigenvalue weighted by Gasteiger charge is 2.54. The van der Waals surface area contributed by atoms with Crippen LogP contribution in [0.15, 0.2) is 11.4 Å². The maximum atomic E-state index is 6.13. The molecule has 0 aromatic rings. The Morgan fingerprint density at radius 2 is 1.09 bits per heavy atom. The third kappa shape index (κ3) is 3.03. The van der Waals surface area contributed by atoms with Gasteiger partial charge in [-0.15, -0.1) is 0 Å². The summed E-state index contributed by atoms with van der Waals surface area (Å²) < 4.78 is 24.4. The maximum absolute atomic E-state index is 6.13. The lowest BCUT2D eigenvalue weighted by molar-refractivity contribution is 0.00578. The molecule has 6 heteroatoms. The Morgan fingerprint density at radius 1 is 0.727 bits per heavy atom. The molecule has 0 N–H and O–H groups in total. The average molecular weight is 308 g/mol. The number of hydrogen-bond donors (Lipinski definition) is 0. The van der Waals surface area contributed by atoms with Gasteiger partial charge in [0, 0.05) is 0 Å². The maximum Gasteiger partial charge on any atom is 0.489 e. The van der Waals surface area contributed by atoms with Gasteiger partial charge in [-0.25, -0.2) is 0 Å². The fraction of sp³-hybridized carbons (Fsp3) is 0.875. The lowest BCUT2D eigenvalue weighted by atomic mass is 9.70. The Morgan fingerprint density at radius 3 is 1.45 bits per heavy atom. The van der Waals surface area contributed by atoms with E-state index in [1.54, 1.807) is 0 Å². The molecule has 2 fully saturated rings. The predicted octanol–water partition coefficient (Wildman–Crippen LogP) is 3.59. The van der Waals surface area contributed by atoms with Crippen LogP contribution >= 0.6 is 0 Å². The van der Waals surface area contributed by atoms with Crippen molar-refractivity contribution in [1.29, 1.82) is 0 Å². The molecule has 22 heavy (non-hydrogen) atoms. The van der Waals surface area contributed by atoms with Gasteiger partial charge in [-0.2, -0.15) is 0 Å². The third-order valence-corrected chi connectivity index (χ3v) is 5.59. The zero-order valence-corrected chi connectivity index (χ0v) is 15.6. The van der Waals surface area contributed by atoms with E-state index in [9.17, 15) is 0 Å². The van der Waals surface area contributed by atoms with Crippen LogP contribution < -0.4 is 0 Å². The molecule has 0 aliphatic carbocycles. The first-order valence-electron chi connectivity index (χ1n) is 8.23. The minimum atomic E-state index is -0.362. The Hall–Kier alpha value is -0.290. The van der Waals surface area contributed by atoms with E-state index >= 15 is 0 Å². The summed E-state index contributed by atoms with van der Waals surface area (Å²) in [6.07, 6.45) is 0.834. The SMILES string of the molecule is CC/C(=C/B1OC(C)(C)C(C)(C)O1)B1OC(C)(C)C(C)(C)O1. The van der Waals surface area contributed by atoms with Crippen molar-refractivity contribution in [3.8, 4) is 0 Å². The van der Waals surface area contributed by atoms with Crippen molar-refractivity contribution in [2.24, 2.45) is 0 Å². The Labute approximate surface area is 136 Å². The fourth-order valence-electron chi connectivity index (χ4n) is 2.49. The van der Waals surface area contributed by atoms with Crippen molar-refractivity contribution in [2.45, 2.75) is 91.1 Å². The molecular weight excluding hydrogens is 278 g/mol. The van der Waals surface area contributed by atoms with Gasteiger partial charge in [0.05, 0.1) is 22.4 Å². The minimum absolute atomic E-state index is 0.330. The lowest BCUT2D eigenvalue weighted by Gasteiger charge is -2.32. The molecule has 2 heterocycles. The summed E-state index contributed by atoms with van der Waals surface area (Å²) in [5, 5.41) is 0. The predicted molar refractivity (Wildman–Crippen MR) is 90.5 cm³/mol. The molecule has 2 saturated heterocycles. The van der Waals surface area contributed by atoms with Crippen molar-refractivity contribution in [3.63, 3.8) is 0 Å². The van der Waals surface area contributed by atoms with Crippen LogP contribution in [0.3, 0.4) is 0 Å². The highest BCUT2D eigenvalue weighted by Crippen LogP contribution is 2.40. The normalized spacial score (nSPS) is 29.2. The van der Waals surface area contributed by atoms with Gasteiger partial charge in [-0.1, -0.05) is 12.9 Å². The lowest BCUT2D eigenvalue weighted by Crippen LogP contribution is -2.41. The summed E-state index contributed by atoms with van der Waals surface area (Å²) in [6.45, 7) is 18.6. The second-order valence-corrected chi connectivity index (χ2v) is 8.31. The molecular formula is C16H30B2O4. The van der Waals surface area contributed by atoms with E-state index in [4.69, 9.17) is 18.6 Å². The molecule has 0 spiro atoms. The van der Waals surface area contributed by atoms with Crippen LogP contribution in [0.4, 0.5) is 0 Å². The van der Waals surface area contributed by atoms with E-state index in [0.29, 0.717) is 0 Å². The Bertz CT molecular complexity index is 437. The largest absolute Gasteiger partial charge is 0.489 e. The minimum Gasteiger partial charge on any atom is -0.400 e. The highest BCUT2D eigenvalue weighted by atomic mass is 16.7. The summed E-state index contributed by atoms with van der Waals surface area (Å²) in [7, 11) is -0.701. The molecule has 0 bridgehead atoms. The molecule has 0 aromatic carbocycles. The molecule has 0 radical (unpaired) electrons. The number of rotatable bonds is 3. The van der Waals surface area contributed by atoms with Crippen LogP contribution in [0.2, 0.25) is 0 Å². The van der Waals surface area contributed by atoms with Crippen LogP contribution in [0.25, 0.3) is 0 Å². The first-order valence-corrected chi connectivity index (χ1v) is 8.23. The monoisotopic (exact) mass is 308 g/mol. The molecule has 0 saturated carbocycles. The smallest absolute Gasteiger partial charge is 0.400 e.